The minimum absolute atomic E-state index is 0.552. The maximum atomic E-state index is 3.55. The second kappa shape index (κ2) is 3.74. The van der Waals surface area contributed by atoms with Crippen LogP contribution in [0.25, 0.3) is 0 Å². The van der Waals surface area contributed by atoms with Gasteiger partial charge < -0.3 is 5.32 Å². The van der Waals surface area contributed by atoms with Gasteiger partial charge in [-0.3, -0.25) is 0 Å². The summed E-state index contributed by atoms with van der Waals surface area (Å²) in [5, 5.41) is 4.10. The Morgan fingerprint density at radius 3 is 2.23 bits per heavy atom. The third kappa shape index (κ3) is 2.35. The number of rotatable bonds is 1. The van der Waals surface area contributed by atoms with E-state index in [4.69, 9.17) is 0 Å². The molecule has 1 atom stereocenters. The molecule has 13 heavy (non-hydrogen) atoms. The Labute approximate surface area is 84.3 Å². The molecule has 1 saturated heterocycles. The van der Waals surface area contributed by atoms with E-state index >= 15 is 0 Å². The molecule has 1 aliphatic rings. The van der Waals surface area contributed by atoms with Crippen LogP contribution in [0.5, 0.6) is 0 Å². The molecule has 78 valence electrons. The third-order valence-electron chi connectivity index (χ3n) is 4.25. The Hall–Kier alpha value is 0.177. The quantitative estimate of drug-likeness (QED) is 0.639. The molecule has 1 aliphatic heterocycles. The molecule has 0 aromatic heterocycles. The van der Waals surface area contributed by atoms with Gasteiger partial charge in [-0.25, -0.2) is 0 Å². The van der Waals surface area contributed by atoms with Gasteiger partial charge in [0.2, 0.25) is 0 Å². The summed E-state index contributed by atoms with van der Waals surface area (Å²) in [7, 11) is -1.07. The highest BCUT2D eigenvalue weighted by molar-refractivity contribution is 6.81. The van der Waals surface area contributed by atoms with E-state index in [-0.39, 0.29) is 0 Å². The molecule has 0 saturated carbocycles. The van der Waals surface area contributed by atoms with Crippen LogP contribution in [-0.4, -0.2) is 21.2 Å². The average molecular weight is 199 g/mol. The number of piperidine rings is 1. The Morgan fingerprint density at radius 1 is 1.23 bits per heavy atom. The normalized spacial score (nSPS) is 26.1. The van der Waals surface area contributed by atoms with E-state index in [1.165, 1.54) is 25.9 Å². The van der Waals surface area contributed by atoms with E-state index in [0.717, 1.165) is 5.54 Å². The van der Waals surface area contributed by atoms with Gasteiger partial charge in [0.1, 0.15) is 0 Å². The lowest BCUT2D eigenvalue weighted by Gasteiger charge is -2.45. The Kier molecular flexibility index (Phi) is 3.23. The second-order valence-electron chi connectivity index (χ2n) is 6.01. The van der Waals surface area contributed by atoms with E-state index < -0.39 is 8.07 Å². The van der Waals surface area contributed by atoms with Gasteiger partial charge in [-0.2, -0.15) is 0 Å². The summed E-state index contributed by atoms with van der Waals surface area (Å²) in [6.07, 6.45) is 2.85. The van der Waals surface area contributed by atoms with Gasteiger partial charge in [0, 0.05) is 0 Å². The van der Waals surface area contributed by atoms with Gasteiger partial charge in [-0.1, -0.05) is 40.3 Å². The van der Waals surface area contributed by atoms with Crippen molar-refractivity contribution in [3.05, 3.63) is 0 Å². The van der Waals surface area contributed by atoms with Crippen molar-refractivity contribution in [2.24, 2.45) is 0 Å². The van der Waals surface area contributed by atoms with Crippen molar-refractivity contribution in [1.29, 1.82) is 0 Å². The van der Waals surface area contributed by atoms with Crippen molar-refractivity contribution in [3.8, 4) is 0 Å². The predicted octanol–water partition coefficient (Wildman–Crippen LogP) is 3.25. The fourth-order valence-electron chi connectivity index (χ4n) is 2.08. The van der Waals surface area contributed by atoms with Crippen LogP contribution < -0.4 is 5.32 Å². The predicted molar refractivity (Wildman–Crippen MR) is 63.1 cm³/mol. The third-order valence-corrected chi connectivity index (χ3v) is 10.7. The monoisotopic (exact) mass is 199 g/mol. The first-order chi connectivity index (χ1) is 5.86. The summed E-state index contributed by atoms with van der Waals surface area (Å²) in [6.45, 7) is 14.9. The molecule has 1 heterocycles. The molecule has 0 aliphatic carbocycles. The zero-order valence-electron chi connectivity index (χ0n) is 9.91. The molecule has 1 unspecified atom stereocenters. The second-order valence-corrected chi connectivity index (χ2v) is 11.8. The van der Waals surface area contributed by atoms with E-state index in [9.17, 15) is 0 Å². The number of hydrogen-bond donors (Lipinski definition) is 1. The largest absolute Gasteiger partial charge is 0.317 e. The van der Waals surface area contributed by atoms with Gasteiger partial charge >= 0.3 is 0 Å². The van der Waals surface area contributed by atoms with Crippen molar-refractivity contribution < 1.29 is 0 Å². The number of hydrogen-bond acceptors (Lipinski definition) is 1. The van der Waals surface area contributed by atoms with Crippen molar-refractivity contribution in [3.63, 3.8) is 0 Å². The maximum absolute atomic E-state index is 3.55. The highest BCUT2D eigenvalue weighted by Crippen LogP contribution is 2.45. The molecular formula is C11H25NSi. The fraction of sp³-hybridized carbons (Fsp3) is 1.00. The molecule has 1 N–H and O–H groups in total. The standard InChI is InChI=1S/C11H25NSi/c1-11(2,3)13(4,5)10-7-6-8-12-9-10/h10,12H,6-9H2,1-5H3. The molecular weight excluding hydrogens is 174 g/mol. The van der Waals surface area contributed by atoms with Crippen LogP contribution in [0, 0.1) is 0 Å². The van der Waals surface area contributed by atoms with Crippen LogP contribution >= 0.6 is 0 Å². The molecule has 0 radical (unpaired) electrons. The molecule has 1 fully saturated rings. The lowest BCUT2D eigenvalue weighted by atomic mass is 10.2. The molecule has 0 aromatic rings. The molecule has 0 amide bonds. The summed E-state index contributed by atoms with van der Waals surface area (Å²) in [5.74, 6) is 0. The van der Waals surface area contributed by atoms with Crippen molar-refractivity contribution in [1.82, 2.24) is 5.32 Å². The highest BCUT2D eigenvalue weighted by atomic mass is 28.3. The van der Waals surface area contributed by atoms with Crippen LogP contribution in [-0.2, 0) is 0 Å². The maximum Gasteiger partial charge on any atom is 0.0571 e. The fourth-order valence-corrected chi connectivity index (χ4v) is 4.89. The zero-order valence-corrected chi connectivity index (χ0v) is 10.9. The smallest absolute Gasteiger partial charge is 0.0571 e. The lowest BCUT2D eigenvalue weighted by Crippen LogP contribution is -2.47. The summed E-state index contributed by atoms with van der Waals surface area (Å²) in [4.78, 5) is 0. The van der Waals surface area contributed by atoms with E-state index in [0.29, 0.717) is 5.04 Å². The lowest BCUT2D eigenvalue weighted by molar-refractivity contribution is 0.494. The van der Waals surface area contributed by atoms with E-state index in [1.54, 1.807) is 0 Å². The molecule has 0 spiro atoms. The minimum Gasteiger partial charge on any atom is -0.317 e. The van der Waals surface area contributed by atoms with Gasteiger partial charge in [-0.15, -0.1) is 0 Å². The summed E-state index contributed by atoms with van der Waals surface area (Å²) < 4.78 is 0. The molecule has 0 bridgehead atoms. The zero-order chi connectivity index (χ0) is 10.1. The van der Waals surface area contributed by atoms with Gasteiger partial charge in [0.15, 0.2) is 0 Å². The average Bonchev–Trinajstić information content (AvgIpc) is 2.04. The van der Waals surface area contributed by atoms with Crippen LogP contribution in [0.2, 0.25) is 23.7 Å². The molecule has 0 aromatic carbocycles. The van der Waals surface area contributed by atoms with Crippen LogP contribution in [0.4, 0.5) is 0 Å². The molecule has 2 heteroatoms. The van der Waals surface area contributed by atoms with Crippen LogP contribution in [0.3, 0.4) is 0 Å². The number of nitrogens with one attached hydrogen (secondary N) is 1. The van der Waals surface area contributed by atoms with Crippen LogP contribution in [0.1, 0.15) is 33.6 Å². The van der Waals surface area contributed by atoms with Gasteiger partial charge in [0.25, 0.3) is 0 Å². The SMILES string of the molecule is CC(C)(C)[Si](C)(C)C1CCCNC1. The summed E-state index contributed by atoms with van der Waals surface area (Å²) in [5.41, 5.74) is 0.987. The summed E-state index contributed by atoms with van der Waals surface area (Å²) >= 11 is 0. The van der Waals surface area contributed by atoms with E-state index in [2.05, 4.69) is 39.2 Å². The highest BCUT2D eigenvalue weighted by Gasteiger charge is 2.41. The topological polar surface area (TPSA) is 12.0 Å². The van der Waals surface area contributed by atoms with Crippen molar-refractivity contribution >= 4 is 8.07 Å². The first-order valence-electron chi connectivity index (χ1n) is 5.56. The molecule has 1 rings (SSSR count). The first-order valence-corrected chi connectivity index (χ1v) is 8.64. The van der Waals surface area contributed by atoms with Crippen molar-refractivity contribution in [2.45, 2.75) is 57.3 Å². The first kappa shape index (κ1) is 11.3. The van der Waals surface area contributed by atoms with Crippen molar-refractivity contribution in [2.75, 3.05) is 13.1 Å². The molecule has 1 nitrogen and oxygen atoms in total. The van der Waals surface area contributed by atoms with E-state index in [1.807, 2.05) is 0 Å². The van der Waals surface area contributed by atoms with Gasteiger partial charge in [0.05, 0.1) is 8.07 Å². The Balaban J connectivity index is 2.67. The minimum atomic E-state index is -1.07. The summed E-state index contributed by atoms with van der Waals surface area (Å²) in [6, 6.07) is 0. The Bertz CT molecular complexity index is 163. The Morgan fingerprint density at radius 2 is 1.85 bits per heavy atom. The van der Waals surface area contributed by atoms with Crippen LogP contribution in [0.15, 0.2) is 0 Å². The van der Waals surface area contributed by atoms with Gasteiger partial charge in [-0.05, 0) is 30.1 Å².